The highest BCUT2D eigenvalue weighted by atomic mass is 16.5. The monoisotopic (exact) mass is 364 g/mol. The summed E-state index contributed by atoms with van der Waals surface area (Å²) in [4.78, 5) is 34.8. The molecule has 0 bridgehead atoms. The van der Waals surface area contributed by atoms with Crippen LogP contribution in [0.5, 0.6) is 0 Å². The number of carbonyl (C=O) groups is 3. The summed E-state index contributed by atoms with van der Waals surface area (Å²) in [6.07, 6.45) is 0.239. The molecule has 0 aromatic heterocycles. The number of rotatable bonds is 6. The molecule has 0 saturated heterocycles. The normalized spacial score (nSPS) is 11.9. The van der Waals surface area contributed by atoms with Crippen LogP contribution < -0.4 is 11.1 Å². The molecule has 6 nitrogen and oxygen atoms in total. The number of nitrogens with two attached hydrogens (primary N) is 1. The number of amides is 2. The van der Waals surface area contributed by atoms with E-state index in [0.29, 0.717) is 0 Å². The molecule has 0 heterocycles. The van der Waals surface area contributed by atoms with Crippen molar-refractivity contribution in [1.29, 1.82) is 0 Å². The number of primary amides is 1. The molecule has 3 N–H and O–H groups in total. The number of nitrogens with one attached hydrogen (secondary N) is 1. The highest BCUT2D eigenvalue weighted by molar-refractivity contribution is 6.03. The van der Waals surface area contributed by atoms with Gasteiger partial charge in [-0.25, -0.2) is 0 Å². The molecule has 1 atom stereocenters. The van der Waals surface area contributed by atoms with E-state index in [1.807, 2.05) is 48.5 Å². The molecule has 0 spiro atoms. The predicted molar refractivity (Wildman–Crippen MR) is 103 cm³/mol. The van der Waals surface area contributed by atoms with Gasteiger partial charge in [-0.3, -0.25) is 14.4 Å². The topological polar surface area (TPSA) is 98.5 Å². The Hall–Kier alpha value is -3.41. The van der Waals surface area contributed by atoms with Crippen LogP contribution in [0.4, 0.5) is 0 Å². The van der Waals surface area contributed by atoms with E-state index in [1.54, 1.807) is 0 Å². The second-order valence-corrected chi connectivity index (χ2v) is 6.30. The maximum absolute atomic E-state index is 12.0. The number of benzene rings is 3. The minimum atomic E-state index is -0.915. The van der Waals surface area contributed by atoms with Crippen LogP contribution in [0.15, 0.2) is 54.6 Å². The van der Waals surface area contributed by atoms with Crippen LogP contribution in [0.3, 0.4) is 0 Å². The van der Waals surface area contributed by atoms with Crippen molar-refractivity contribution in [3.63, 3.8) is 0 Å². The van der Waals surface area contributed by atoms with Crippen LogP contribution in [0.1, 0.15) is 12.5 Å². The van der Waals surface area contributed by atoms with E-state index in [2.05, 4.69) is 16.1 Å². The van der Waals surface area contributed by atoms with E-state index in [0.717, 1.165) is 27.1 Å². The third kappa shape index (κ3) is 4.23. The number of fused-ring (bicyclic) bond motifs is 2. The average molecular weight is 364 g/mol. The van der Waals surface area contributed by atoms with E-state index >= 15 is 0 Å². The molecule has 2 amide bonds. The summed E-state index contributed by atoms with van der Waals surface area (Å²) >= 11 is 0. The highest BCUT2D eigenvalue weighted by Crippen LogP contribution is 2.29. The van der Waals surface area contributed by atoms with Crippen molar-refractivity contribution in [3.05, 3.63) is 60.2 Å². The summed E-state index contributed by atoms with van der Waals surface area (Å²) in [7, 11) is 0. The number of hydrogen-bond acceptors (Lipinski definition) is 4. The zero-order valence-electron chi connectivity index (χ0n) is 14.9. The molecule has 27 heavy (non-hydrogen) atoms. The second-order valence-electron chi connectivity index (χ2n) is 6.30. The first kappa shape index (κ1) is 18.4. The second kappa shape index (κ2) is 7.86. The Bertz CT molecular complexity index is 975. The van der Waals surface area contributed by atoms with E-state index in [-0.39, 0.29) is 6.42 Å². The van der Waals surface area contributed by atoms with Gasteiger partial charge in [0.1, 0.15) is 6.04 Å². The van der Waals surface area contributed by atoms with E-state index in [9.17, 15) is 14.4 Å². The van der Waals surface area contributed by atoms with Gasteiger partial charge >= 0.3 is 5.97 Å². The van der Waals surface area contributed by atoms with E-state index < -0.39 is 30.4 Å². The summed E-state index contributed by atoms with van der Waals surface area (Å²) in [5.74, 6) is -1.79. The zero-order valence-corrected chi connectivity index (χ0v) is 14.9. The van der Waals surface area contributed by atoms with Crippen molar-refractivity contribution in [2.24, 2.45) is 5.73 Å². The van der Waals surface area contributed by atoms with Crippen molar-refractivity contribution in [1.82, 2.24) is 5.32 Å². The van der Waals surface area contributed by atoms with Gasteiger partial charge in [0.15, 0.2) is 6.61 Å². The minimum absolute atomic E-state index is 0.239. The summed E-state index contributed by atoms with van der Waals surface area (Å²) in [6, 6.07) is 16.9. The van der Waals surface area contributed by atoms with Gasteiger partial charge in [0, 0.05) is 13.3 Å². The fourth-order valence-corrected chi connectivity index (χ4v) is 3.16. The Morgan fingerprint density at radius 2 is 1.56 bits per heavy atom. The third-order valence-electron chi connectivity index (χ3n) is 4.38. The zero-order chi connectivity index (χ0) is 19.4. The van der Waals surface area contributed by atoms with Gasteiger partial charge in [-0.2, -0.15) is 0 Å². The molecule has 0 aliphatic carbocycles. The lowest BCUT2D eigenvalue weighted by Gasteiger charge is -2.18. The molecule has 6 heteroatoms. The highest BCUT2D eigenvalue weighted by Gasteiger charge is 2.21. The van der Waals surface area contributed by atoms with Crippen molar-refractivity contribution in [2.75, 3.05) is 6.61 Å². The summed E-state index contributed by atoms with van der Waals surface area (Å²) in [6.45, 7) is 0.760. The molecule has 0 radical (unpaired) electrons. The first-order valence-electron chi connectivity index (χ1n) is 8.57. The van der Waals surface area contributed by atoms with Crippen LogP contribution in [0, 0.1) is 0 Å². The largest absolute Gasteiger partial charge is 0.456 e. The Balaban J connectivity index is 1.97. The van der Waals surface area contributed by atoms with Gasteiger partial charge < -0.3 is 15.8 Å². The lowest BCUT2D eigenvalue weighted by Crippen LogP contribution is -2.47. The number of hydrogen-bond donors (Lipinski definition) is 2. The van der Waals surface area contributed by atoms with Gasteiger partial charge in [0.05, 0.1) is 0 Å². The van der Waals surface area contributed by atoms with Crippen LogP contribution in [-0.2, 0) is 25.5 Å². The van der Waals surface area contributed by atoms with Crippen molar-refractivity contribution < 1.29 is 19.1 Å². The van der Waals surface area contributed by atoms with E-state index in [4.69, 9.17) is 5.73 Å². The molecule has 0 aliphatic rings. The molecule has 3 aromatic carbocycles. The van der Waals surface area contributed by atoms with Crippen molar-refractivity contribution >= 4 is 39.3 Å². The number of carbonyl (C=O) groups excluding carboxylic acids is 3. The van der Waals surface area contributed by atoms with Gasteiger partial charge in [-0.1, -0.05) is 48.5 Å². The Morgan fingerprint density at radius 3 is 2.07 bits per heavy atom. The van der Waals surface area contributed by atoms with Crippen molar-refractivity contribution in [3.8, 4) is 0 Å². The molecule has 138 valence electrons. The lowest BCUT2D eigenvalue weighted by molar-refractivity contribution is -0.146. The standard InChI is InChI=1S/C21H20N2O4/c1-13(24)27-12-20(25)23-19(21(22)26)11-18-16-8-4-2-6-14(16)10-15-7-3-5-9-17(15)18/h2-10,19H,11-12H2,1H3,(H2,22,26)(H,23,25)/t19-/m1/s1. The van der Waals surface area contributed by atoms with Gasteiger partial charge in [-0.05, 0) is 33.2 Å². The first-order chi connectivity index (χ1) is 13.0. The van der Waals surface area contributed by atoms with Crippen LogP contribution in [0.25, 0.3) is 21.5 Å². The fourth-order valence-electron chi connectivity index (χ4n) is 3.16. The number of ether oxygens (including phenoxy) is 1. The molecule has 0 saturated carbocycles. The molecule has 0 fully saturated rings. The SMILES string of the molecule is CC(=O)OCC(=O)N[C@H](Cc1c2ccccc2cc2ccccc12)C(N)=O. The number of esters is 1. The van der Waals surface area contributed by atoms with Crippen LogP contribution in [0.2, 0.25) is 0 Å². The summed E-state index contributed by atoms with van der Waals surface area (Å²) < 4.78 is 4.67. The first-order valence-corrected chi connectivity index (χ1v) is 8.57. The maximum Gasteiger partial charge on any atom is 0.303 e. The van der Waals surface area contributed by atoms with E-state index in [1.165, 1.54) is 6.92 Å². The summed E-state index contributed by atoms with van der Waals surface area (Å²) in [5.41, 5.74) is 6.45. The molecule has 0 unspecified atom stereocenters. The lowest BCUT2D eigenvalue weighted by atomic mass is 9.92. The quantitative estimate of drug-likeness (QED) is 0.517. The Labute approximate surface area is 156 Å². The molecule has 0 aliphatic heterocycles. The Morgan fingerprint density at radius 1 is 1.00 bits per heavy atom. The van der Waals surface area contributed by atoms with Crippen LogP contribution in [-0.4, -0.2) is 30.4 Å². The Kier molecular flexibility index (Phi) is 5.35. The smallest absolute Gasteiger partial charge is 0.303 e. The van der Waals surface area contributed by atoms with Crippen LogP contribution >= 0.6 is 0 Å². The molecular weight excluding hydrogens is 344 g/mol. The third-order valence-corrected chi connectivity index (χ3v) is 4.38. The molecule has 3 aromatic rings. The van der Waals surface area contributed by atoms with Crippen molar-refractivity contribution in [2.45, 2.75) is 19.4 Å². The maximum atomic E-state index is 12.0. The predicted octanol–water partition coefficient (Wildman–Crippen LogP) is 2.07. The molecule has 3 rings (SSSR count). The van der Waals surface area contributed by atoms with Gasteiger partial charge in [0.2, 0.25) is 5.91 Å². The summed E-state index contributed by atoms with van der Waals surface area (Å²) in [5, 5.41) is 6.64. The van der Waals surface area contributed by atoms with Gasteiger partial charge in [-0.15, -0.1) is 0 Å². The fraction of sp³-hybridized carbons (Fsp3) is 0.190. The molecular formula is C21H20N2O4. The average Bonchev–Trinajstić information content (AvgIpc) is 2.65. The minimum Gasteiger partial charge on any atom is -0.456 e. The van der Waals surface area contributed by atoms with Gasteiger partial charge in [0.25, 0.3) is 5.91 Å².